The third-order valence-electron chi connectivity index (χ3n) is 2.66. The van der Waals surface area contributed by atoms with Gasteiger partial charge in [0.25, 0.3) is 6.10 Å². The maximum Gasteiger partial charge on any atom is 0.356 e. The van der Waals surface area contributed by atoms with E-state index in [9.17, 15) is 9.59 Å². The van der Waals surface area contributed by atoms with Gasteiger partial charge in [0.05, 0.1) is 0 Å². The first-order valence-corrected chi connectivity index (χ1v) is 5.85. The second-order valence-corrected chi connectivity index (χ2v) is 4.06. The molecule has 2 aromatic carbocycles. The first-order chi connectivity index (χ1) is 9.58. The average molecular weight is 272 g/mol. The van der Waals surface area contributed by atoms with Crippen molar-refractivity contribution in [1.82, 2.24) is 0 Å². The smallest absolute Gasteiger partial charge is 0.356 e. The first kappa shape index (κ1) is 13.6. The van der Waals surface area contributed by atoms with Crippen LogP contribution in [0, 0.1) is 0 Å². The van der Waals surface area contributed by atoms with E-state index in [2.05, 4.69) is 0 Å². The molecule has 0 unspecified atom stereocenters. The van der Waals surface area contributed by atoms with Gasteiger partial charge in [-0.1, -0.05) is 42.5 Å². The minimum Gasteiger partial charge on any atom is -0.478 e. The highest BCUT2D eigenvalue weighted by molar-refractivity contribution is 5.96. The van der Waals surface area contributed by atoms with Gasteiger partial charge >= 0.3 is 11.9 Å². The molecule has 2 N–H and O–H groups in total. The van der Waals surface area contributed by atoms with Crippen LogP contribution in [0.3, 0.4) is 0 Å². The summed E-state index contributed by atoms with van der Waals surface area (Å²) in [6.45, 7) is 0. The Bertz CT molecular complexity index is 590. The maximum atomic E-state index is 10.7. The molecule has 0 aromatic heterocycles. The summed E-state index contributed by atoms with van der Waals surface area (Å²) in [7, 11) is 0. The van der Waals surface area contributed by atoms with Crippen LogP contribution in [0.25, 0.3) is 11.1 Å². The topological polar surface area (TPSA) is 83.8 Å². The number of carboxylic acid groups (broad SMARTS) is 2. The molecule has 0 aliphatic carbocycles. The van der Waals surface area contributed by atoms with Gasteiger partial charge < -0.3 is 14.9 Å². The van der Waals surface area contributed by atoms with Crippen molar-refractivity contribution in [2.24, 2.45) is 0 Å². The second kappa shape index (κ2) is 5.88. The van der Waals surface area contributed by atoms with Crippen molar-refractivity contribution in [2.45, 2.75) is 6.10 Å². The Labute approximate surface area is 115 Å². The largest absolute Gasteiger partial charge is 0.478 e. The molecule has 102 valence electrons. The number of benzene rings is 2. The quantitative estimate of drug-likeness (QED) is 0.816. The summed E-state index contributed by atoms with van der Waals surface area (Å²) >= 11 is 0. The van der Waals surface area contributed by atoms with Crippen LogP contribution in [-0.2, 0) is 9.59 Å². The van der Waals surface area contributed by atoms with Crippen LogP contribution in [0.15, 0.2) is 54.6 Å². The van der Waals surface area contributed by atoms with E-state index in [0.29, 0.717) is 0 Å². The van der Waals surface area contributed by atoms with Crippen molar-refractivity contribution >= 4 is 11.9 Å². The molecule has 0 saturated heterocycles. The molecule has 0 heterocycles. The van der Waals surface area contributed by atoms with E-state index in [1.54, 1.807) is 24.3 Å². The maximum absolute atomic E-state index is 10.7. The summed E-state index contributed by atoms with van der Waals surface area (Å²) in [4.78, 5) is 21.5. The van der Waals surface area contributed by atoms with Crippen LogP contribution in [-0.4, -0.2) is 28.3 Å². The molecular weight excluding hydrogens is 260 g/mol. The summed E-state index contributed by atoms with van der Waals surface area (Å²) < 4.78 is 4.93. The van der Waals surface area contributed by atoms with Gasteiger partial charge in [0.15, 0.2) is 0 Å². The number of rotatable bonds is 5. The zero-order valence-corrected chi connectivity index (χ0v) is 10.4. The van der Waals surface area contributed by atoms with Crippen molar-refractivity contribution in [1.29, 1.82) is 0 Å². The highest BCUT2D eigenvalue weighted by Gasteiger charge is 2.27. The number of hydrogen-bond donors (Lipinski definition) is 2. The fraction of sp³-hybridized carbons (Fsp3) is 0.0667. The van der Waals surface area contributed by atoms with Crippen LogP contribution >= 0.6 is 0 Å². The fourth-order valence-electron chi connectivity index (χ4n) is 1.70. The third-order valence-corrected chi connectivity index (χ3v) is 2.66. The highest BCUT2D eigenvalue weighted by atomic mass is 16.5. The van der Waals surface area contributed by atoms with Crippen molar-refractivity contribution in [3.05, 3.63) is 54.6 Å². The lowest BCUT2D eigenvalue weighted by molar-refractivity contribution is -0.159. The predicted octanol–water partition coefficient (Wildman–Crippen LogP) is 2.27. The SMILES string of the molecule is O=C(O)C(Oc1ccc(-c2ccccc2)cc1)C(=O)O. The van der Waals surface area contributed by atoms with Gasteiger partial charge in [-0.3, -0.25) is 0 Å². The third kappa shape index (κ3) is 3.14. The Balaban J connectivity index is 2.16. The Morgan fingerprint density at radius 2 is 1.30 bits per heavy atom. The van der Waals surface area contributed by atoms with Gasteiger partial charge in [-0.25, -0.2) is 9.59 Å². The molecule has 0 radical (unpaired) electrons. The minimum absolute atomic E-state index is 0.194. The standard InChI is InChI=1S/C15H12O5/c16-14(17)13(15(18)19)20-12-8-6-11(7-9-12)10-4-2-1-3-5-10/h1-9,13H,(H,16,17)(H,18,19). The second-order valence-electron chi connectivity index (χ2n) is 4.06. The van der Waals surface area contributed by atoms with Gasteiger partial charge in [-0.05, 0) is 23.3 Å². The number of hydrogen-bond acceptors (Lipinski definition) is 3. The van der Waals surface area contributed by atoms with E-state index in [4.69, 9.17) is 14.9 Å². The summed E-state index contributed by atoms with van der Waals surface area (Å²) in [6, 6.07) is 16.2. The predicted molar refractivity (Wildman–Crippen MR) is 71.6 cm³/mol. The van der Waals surface area contributed by atoms with Crippen LogP contribution in [0.4, 0.5) is 0 Å². The monoisotopic (exact) mass is 272 g/mol. The Kier molecular flexibility index (Phi) is 4.00. The number of aliphatic carboxylic acids is 2. The van der Waals surface area contributed by atoms with E-state index in [0.717, 1.165) is 11.1 Å². The molecule has 2 rings (SSSR count). The summed E-state index contributed by atoms with van der Waals surface area (Å²) in [5.74, 6) is -2.88. The van der Waals surface area contributed by atoms with Crippen LogP contribution in [0.1, 0.15) is 0 Å². The molecule has 0 spiro atoms. The molecule has 5 nitrogen and oxygen atoms in total. The zero-order valence-electron chi connectivity index (χ0n) is 10.4. The Morgan fingerprint density at radius 1 is 0.800 bits per heavy atom. The van der Waals surface area contributed by atoms with Gasteiger partial charge in [0, 0.05) is 0 Å². The van der Waals surface area contributed by atoms with Crippen molar-refractivity contribution in [3.63, 3.8) is 0 Å². The molecule has 0 saturated carbocycles. The molecule has 0 fully saturated rings. The van der Waals surface area contributed by atoms with Gasteiger partial charge in [0.1, 0.15) is 5.75 Å². The van der Waals surface area contributed by atoms with Gasteiger partial charge in [0.2, 0.25) is 0 Å². The molecule has 0 atom stereocenters. The number of ether oxygens (including phenoxy) is 1. The van der Waals surface area contributed by atoms with Crippen molar-refractivity contribution < 1.29 is 24.5 Å². The van der Waals surface area contributed by atoms with E-state index < -0.39 is 18.0 Å². The van der Waals surface area contributed by atoms with Crippen LogP contribution in [0.5, 0.6) is 5.75 Å². The van der Waals surface area contributed by atoms with Crippen LogP contribution in [0.2, 0.25) is 0 Å². The fourth-order valence-corrected chi connectivity index (χ4v) is 1.70. The molecule has 0 aliphatic rings. The van der Waals surface area contributed by atoms with Crippen LogP contribution < -0.4 is 4.74 Å². The Morgan fingerprint density at radius 3 is 1.80 bits per heavy atom. The molecule has 2 aromatic rings. The molecule has 0 bridgehead atoms. The van der Waals surface area contributed by atoms with Gasteiger partial charge in [-0.15, -0.1) is 0 Å². The lowest BCUT2D eigenvalue weighted by atomic mass is 10.1. The number of carbonyl (C=O) groups is 2. The number of carboxylic acids is 2. The van der Waals surface area contributed by atoms with E-state index in [1.165, 1.54) is 0 Å². The molecule has 5 heteroatoms. The summed E-state index contributed by atoms with van der Waals surface area (Å²) in [5.41, 5.74) is 1.94. The normalized spacial score (nSPS) is 10.2. The molecule has 20 heavy (non-hydrogen) atoms. The lowest BCUT2D eigenvalue weighted by Gasteiger charge is -2.11. The van der Waals surface area contributed by atoms with Crippen molar-refractivity contribution in [3.8, 4) is 16.9 Å². The lowest BCUT2D eigenvalue weighted by Crippen LogP contribution is -2.35. The summed E-state index contributed by atoms with van der Waals surface area (Å²) in [6.07, 6.45) is -1.91. The molecule has 0 aliphatic heterocycles. The van der Waals surface area contributed by atoms with E-state index in [-0.39, 0.29) is 5.75 Å². The minimum atomic E-state index is -1.91. The summed E-state index contributed by atoms with van der Waals surface area (Å²) in [5, 5.41) is 17.5. The molecular formula is C15H12O5. The van der Waals surface area contributed by atoms with E-state index in [1.807, 2.05) is 30.3 Å². The Hall–Kier alpha value is -2.82. The van der Waals surface area contributed by atoms with E-state index >= 15 is 0 Å². The zero-order chi connectivity index (χ0) is 14.5. The first-order valence-electron chi connectivity index (χ1n) is 5.85. The molecule has 0 amide bonds. The highest BCUT2D eigenvalue weighted by Crippen LogP contribution is 2.22. The average Bonchev–Trinajstić information content (AvgIpc) is 2.45. The van der Waals surface area contributed by atoms with Crippen molar-refractivity contribution in [2.75, 3.05) is 0 Å². The van der Waals surface area contributed by atoms with Gasteiger partial charge in [-0.2, -0.15) is 0 Å².